The van der Waals surface area contributed by atoms with Crippen molar-refractivity contribution in [2.45, 2.75) is 25.8 Å². The second-order valence-electron chi connectivity index (χ2n) is 7.38. The van der Waals surface area contributed by atoms with E-state index in [1.54, 1.807) is 4.90 Å². The monoisotopic (exact) mass is 412 g/mol. The minimum atomic E-state index is -0.425. The number of hydrogen-bond acceptors (Lipinski definition) is 4. The van der Waals surface area contributed by atoms with Crippen molar-refractivity contribution in [2.75, 3.05) is 19.7 Å². The third-order valence-electron chi connectivity index (χ3n) is 5.23. The molecule has 3 rings (SSSR count). The number of carbonyl (C=O) groups excluding carboxylic acids is 3. The number of esters is 1. The lowest BCUT2D eigenvalue weighted by molar-refractivity contribution is -0.154. The van der Waals surface area contributed by atoms with Crippen molar-refractivity contribution in [3.05, 3.63) is 71.5 Å². The van der Waals surface area contributed by atoms with E-state index in [9.17, 15) is 18.8 Å². The normalized spacial score (nSPS) is 15.3. The van der Waals surface area contributed by atoms with E-state index in [0.29, 0.717) is 31.5 Å². The average molecular weight is 412 g/mol. The van der Waals surface area contributed by atoms with Gasteiger partial charge in [-0.3, -0.25) is 14.4 Å². The third-order valence-corrected chi connectivity index (χ3v) is 5.23. The van der Waals surface area contributed by atoms with Gasteiger partial charge in [0.05, 0.1) is 12.0 Å². The van der Waals surface area contributed by atoms with Gasteiger partial charge in [-0.2, -0.15) is 0 Å². The highest BCUT2D eigenvalue weighted by molar-refractivity contribution is 5.94. The molecule has 0 aliphatic carbocycles. The van der Waals surface area contributed by atoms with Gasteiger partial charge in [-0.1, -0.05) is 30.3 Å². The third kappa shape index (κ3) is 5.65. The summed E-state index contributed by atoms with van der Waals surface area (Å²) < 4.78 is 18.2. The molecule has 1 atom stereocenters. The quantitative estimate of drug-likeness (QED) is 0.740. The van der Waals surface area contributed by atoms with Crippen molar-refractivity contribution in [3.63, 3.8) is 0 Å². The lowest BCUT2D eigenvalue weighted by Gasteiger charge is -2.31. The molecule has 0 aromatic heterocycles. The first-order valence-corrected chi connectivity index (χ1v) is 10.00. The summed E-state index contributed by atoms with van der Waals surface area (Å²) in [4.78, 5) is 38.5. The van der Waals surface area contributed by atoms with Gasteiger partial charge in [-0.25, -0.2) is 4.39 Å². The Kier molecular flexibility index (Phi) is 7.17. The zero-order valence-corrected chi connectivity index (χ0v) is 16.8. The number of hydrogen-bond donors (Lipinski definition) is 1. The standard InChI is InChI=1S/C23H25FN2O4/c1-16(17-5-3-2-4-6-17)25-21(27)15-30-23(29)19-11-13-26(14-12-19)22(28)18-7-9-20(24)10-8-18/h2-10,16,19H,11-15H2,1H3,(H,25,27)/t16-/m0/s1. The fourth-order valence-electron chi connectivity index (χ4n) is 3.46. The van der Waals surface area contributed by atoms with Gasteiger partial charge in [0.25, 0.3) is 11.8 Å². The summed E-state index contributed by atoms with van der Waals surface area (Å²) in [5.74, 6) is -1.71. The molecule has 1 aliphatic rings. The number of benzene rings is 2. The van der Waals surface area contributed by atoms with Crippen molar-refractivity contribution >= 4 is 17.8 Å². The zero-order valence-electron chi connectivity index (χ0n) is 16.8. The van der Waals surface area contributed by atoms with E-state index < -0.39 is 11.8 Å². The Balaban J connectivity index is 1.41. The molecule has 1 heterocycles. The van der Waals surface area contributed by atoms with Crippen LogP contribution in [0, 0.1) is 11.7 Å². The largest absolute Gasteiger partial charge is 0.455 e. The topological polar surface area (TPSA) is 75.7 Å². The molecule has 158 valence electrons. The van der Waals surface area contributed by atoms with Gasteiger partial charge in [0.2, 0.25) is 0 Å². The maximum absolute atomic E-state index is 13.0. The second-order valence-corrected chi connectivity index (χ2v) is 7.38. The van der Waals surface area contributed by atoms with Gasteiger partial charge in [-0.05, 0) is 49.6 Å². The highest BCUT2D eigenvalue weighted by Crippen LogP contribution is 2.20. The highest BCUT2D eigenvalue weighted by Gasteiger charge is 2.29. The molecule has 0 bridgehead atoms. The fraction of sp³-hybridized carbons (Fsp3) is 0.348. The van der Waals surface area contributed by atoms with Crippen LogP contribution in [-0.2, 0) is 14.3 Å². The number of nitrogens with one attached hydrogen (secondary N) is 1. The lowest BCUT2D eigenvalue weighted by Crippen LogP contribution is -2.41. The van der Waals surface area contributed by atoms with Gasteiger partial charge < -0.3 is 15.0 Å². The number of piperidine rings is 1. The van der Waals surface area contributed by atoms with Crippen LogP contribution >= 0.6 is 0 Å². The number of carbonyl (C=O) groups is 3. The van der Waals surface area contributed by atoms with E-state index in [1.807, 2.05) is 37.3 Å². The Morgan fingerprint density at radius 2 is 1.70 bits per heavy atom. The van der Waals surface area contributed by atoms with Gasteiger partial charge >= 0.3 is 5.97 Å². The van der Waals surface area contributed by atoms with Gasteiger partial charge in [0.15, 0.2) is 6.61 Å². The summed E-state index contributed by atoms with van der Waals surface area (Å²) in [7, 11) is 0. The number of nitrogens with zero attached hydrogens (tertiary/aromatic N) is 1. The van der Waals surface area contributed by atoms with Crippen LogP contribution in [0.2, 0.25) is 0 Å². The van der Waals surface area contributed by atoms with E-state index in [1.165, 1.54) is 24.3 Å². The van der Waals surface area contributed by atoms with Crippen molar-refractivity contribution in [3.8, 4) is 0 Å². The summed E-state index contributed by atoms with van der Waals surface area (Å²) in [6.45, 7) is 2.36. The molecular formula is C23H25FN2O4. The molecule has 6 nitrogen and oxygen atoms in total. The summed E-state index contributed by atoms with van der Waals surface area (Å²) in [5, 5.41) is 2.80. The molecule has 2 amide bonds. The van der Waals surface area contributed by atoms with Crippen LogP contribution in [0.5, 0.6) is 0 Å². The summed E-state index contributed by atoms with van der Waals surface area (Å²) in [5.41, 5.74) is 1.39. The van der Waals surface area contributed by atoms with Crippen molar-refractivity contribution in [1.29, 1.82) is 0 Å². The predicted octanol–water partition coefficient (Wildman–Crippen LogP) is 3.10. The smallest absolute Gasteiger partial charge is 0.309 e. The van der Waals surface area contributed by atoms with Gasteiger partial charge in [0, 0.05) is 18.7 Å². The Bertz CT molecular complexity index is 878. The van der Waals surface area contributed by atoms with Gasteiger partial charge in [0.1, 0.15) is 5.82 Å². The summed E-state index contributed by atoms with van der Waals surface area (Å²) in [6.07, 6.45) is 0.932. The molecule has 0 radical (unpaired) electrons. The molecule has 1 N–H and O–H groups in total. The molecule has 30 heavy (non-hydrogen) atoms. The maximum Gasteiger partial charge on any atom is 0.309 e. The van der Waals surface area contributed by atoms with Crippen LogP contribution in [-0.4, -0.2) is 42.4 Å². The van der Waals surface area contributed by atoms with E-state index in [2.05, 4.69) is 5.32 Å². The van der Waals surface area contributed by atoms with E-state index in [-0.39, 0.29) is 30.4 Å². The molecule has 1 fully saturated rings. The van der Waals surface area contributed by atoms with Crippen molar-refractivity contribution < 1.29 is 23.5 Å². The molecular weight excluding hydrogens is 387 g/mol. The Morgan fingerprint density at radius 3 is 2.33 bits per heavy atom. The first-order chi connectivity index (χ1) is 14.4. The average Bonchev–Trinajstić information content (AvgIpc) is 2.78. The van der Waals surface area contributed by atoms with E-state index >= 15 is 0 Å². The molecule has 0 spiro atoms. The molecule has 7 heteroatoms. The molecule has 1 saturated heterocycles. The number of rotatable bonds is 6. The number of halogens is 1. The number of amides is 2. The van der Waals surface area contributed by atoms with Crippen LogP contribution in [0.4, 0.5) is 4.39 Å². The first-order valence-electron chi connectivity index (χ1n) is 10.00. The summed E-state index contributed by atoms with van der Waals surface area (Å²) >= 11 is 0. The van der Waals surface area contributed by atoms with Crippen molar-refractivity contribution in [2.24, 2.45) is 5.92 Å². The van der Waals surface area contributed by atoms with Crippen LogP contribution in [0.15, 0.2) is 54.6 Å². The Hall–Kier alpha value is -3.22. The second kappa shape index (κ2) is 10.0. The van der Waals surface area contributed by atoms with Crippen LogP contribution < -0.4 is 5.32 Å². The maximum atomic E-state index is 13.0. The van der Waals surface area contributed by atoms with Gasteiger partial charge in [-0.15, -0.1) is 0 Å². The number of likely N-dealkylation sites (tertiary alicyclic amines) is 1. The Morgan fingerprint density at radius 1 is 1.07 bits per heavy atom. The fourth-order valence-corrected chi connectivity index (χ4v) is 3.46. The van der Waals surface area contributed by atoms with Crippen LogP contribution in [0.1, 0.15) is 41.7 Å². The minimum Gasteiger partial charge on any atom is -0.455 e. The molecule has 2 aromatic rings. The number of ether oxygens (including phenoxy) is 1. The predicted molar refractivity (Wildman–Crippen MR) is 109 cm³/mol. The van der Waals surface area contributed by atoms with Crippen molar-refractivity contribution in [1.82, 2.24) is 10.2 Å². The zero-order chi connectivity index (χ0) is 21.5. The first kappa shape index (κ1) is 21.5. The molecule has 2 aromatic carbocycles. The minimum absolute atomic E-state index is 0.182. The molecule has 0 saturated carbocycles. The lowest BCUT2D eigenvalue weighted by atomic mass is 9.96. The van der Waals surface area contributed by atoms with E-state index in [4.69, 9.17) is 4.74 Å². The van der Waals surface area contributed by atoms with E-state index in [0.717, 1.165) is 5.56 Å². The highest BCUT2D eigenvalue weighted by atomic mass is 19.1. The summed E-state index contributed by atoms with van der Waals surface area (Å²) in [6, 6.07) is 14.7. The SMILES string of the molecule is C[C@H](NC(=O)COC(=O)C1CCN(C(=O)c2ccc(F)cc2)CC1)c1ccccc1. The Labute approximate surface area is 175 Å². The molecule has 0 unspecified atom stereocenters. The van der Waals surface area contributed by atoms with Crippen LogP contribution in [0.25, 0.3) is 0 Å². The molecule has 1 aliphatic heterocycles. The van der Waals surface area contributed by atoms with Crippen LogP contribution in [0.3, 0.4) is 0 Å².